The molecule has 0 amide bonds. The normalized spacial score (nSPS) is 18.3. The molecule has 0 bridgehead atoms. The molecule has 0 radical (unpaired) electrons. The van der Waals surface area contributed by atoms with E-state index < -0.39 is 11.9 Å². The molecule has 2 heterocycles. The number of benzene rings is 1. The van der Waals surface area contributed by atoms with Crippen molar-refractivity contribution in [2.24, 2.45) is 10.8 Å². The van der Waals surface area contributed by atoms with Gasteiger partial charge in [-0.1, -0.05) is 26.0 Å². The average molecular weight is 451 g/mol. The predicted octanol–water partition coefficient (Wildman–Crippen LogP) is 2.89. The molecule has 0 saturated carbocycles. The largest absolute Gasteiger partial charge is 0.460 e. The van der Waals surface area contributed by atoms with E-state index in [1.165, 1.54) is 0 Å². The molecule has 1 aromatic carbocycles. The topological polar surface area (TPSA) is 89.5 Å². The van der Waals surface area contributed by atoms with Gasteiger partial charge >= 0.3 is 11.9 Å². The van der Waals surface area contributed by atoms with Crippen LogP contribution in [0, 0.1) is 10.8 Å². The van der Waals surface area contributed by atoms with Gasteiger partial charge in [-0.25, -0.2) is 9.59 Å². The van der Waals surface area contributed by atoms with E-state index in [2.05, 4.69) is 13.8 Å². The summed E-state index contributed by atoms with van der Waals surface area (Å²) in [4.78, 5) is 24.9. The Balaban J connectivity index is 1.37. The first-order valence-corrected chi connectivity index (χ1v) is 11.3. The summed E-state index contributed by atoms with van der Waals surface area (Å²) in [5.41, 5.74) is 0.527. The highest BCUT2D eigenvalue weighted by molar-refractivity contribution is 6.03. The molecule has 32 heavy (non-hydrogen) atoms. The lowest BCUT2D eigenvalue weighted by Gasteiger charge is -2.40. The van der Waals surface area contributed by atoms with Crippen LogP contribution in [0.4, 0.5) is 0 Å². The van der Waals surface area contributed by atoms with Crippen molar-refractivity contribution in [2.75, 3.05) is 66.1 Å². The van der Waals surface area contributed by atoms with Crippen LogP contribution >= 0.6 is 0 Å². The molecule has 1 aromatic rings. The summed E-state index contributed by atoms with van der Waals surface area (Å²) in [6.45, 7) is 9.02. The number of carbonyl (C=O) groups is 2. The Morgan fingerprint density at radius 2 is 1.16 bits per heavy atom. The van der Waals surface area contributed by atoms with Gasteiger partial charge in [0.1, 0.15) is 13.2 Å². The summed E-state index contributed by atoms with van der Waals surface area (Å²) < 4.78 is 32.4. The van der Waals surface area contributed by atoms with Crippen LogP contribution in [0.3, 0.4) is 0 Å². The molecule has 2 aliphatic rings. The van der Waals surface area contributed by atoms with Crippen LogP contribution < -0.4 is 0 Å². The lowest BCUT2D eigenvalue weighted by molar-refractivity contribution is -0.151. The first-order valence-electron chi connectivity index (χ1n) is 11.3. The lowest BCUT2D eigenvalue weighted by atomic mass is 9.84. The quantitative estimate of drug-likeness (QED) is 0.316. The summed E-state index contributed by atoms with van der Waals surface area (Å²) in [6, 6.07) is 6.46. The zero-order valence-corrected chi connectivity index (χ0v) is 19.1. The van der Waals surface area contributed by atoms with Crippen molar-refractivity contribution in [1.82, 2.24) is 0 Å². The molecule has 0 atom stereocenters. The van der Waals surface area contributed by atoms with E-state index in [-0.39, 0.29) is 35.2 Å². The van der Waals surface area contributed by atoms with Gasteiger partial charge in [0.05, 0.1) is 64.0 Å². The fourth-order valence-electron chi connectivity index (χ4n) is 3.52. The molecular formula is C24H34O8. The monoisotopic (exact) mass is 450 g/mol. The maximum Gasteiger partial charge on any atom is 0.339 e. The van der Waals surface area contributed by atoms with Crippen LogP contribution in [0.1, 0.15) is 47.4 Å². The summed E-state index contributed by atoms with van der Waals surface area (Å²) in [6.07, 6.45) is 1.97. The molecule has 0 spiro atoms. The fraction of sp³-hybridized carbons (Fsp3) is 0.667. The average Bonchev–Trinajstić information content (AvgIpc) is 2.76. The van der Waals surface area contributed by atoms with E-state index in [1.807, 2.05) is 0 Å². The zero-order chi connectivity index (χ0) is 22.9. The van der Waals surface area contributed by atoms with Crippen molar-refractivity contribution in [3.63, 3.8) is 0 Å². The number of esters is 2. The maximum atomic E-state index is 12.5. The van der Waals surface area contributed by atoms with Crippen molar-refractivity contribution < 1.29 is 38.0 Å². The van der Waals surface area contributed by atoms with Crippen LogP contribution in [0.15, 0.2) is 24.3 Å². The molecule has 2 saturated heterocycles. The van der Waals surface area contributed by atoms with Gasteiger partial charge in [0.15, 0.2) is 0 Å². The summed E-state index contributed by atoms with van der Waals surface area (Å²) >= 11 is 0. The van der Waals surface area contributed by atoms with Gasteiger partial charge in [-0.2, -0.15) is 0 Å². The standard InChI is InChI=1S/C24H34O8/c1-3-23(15-29-16-23)13-27-9-11-31-21(25)19-7-5-6-8-20(19)22(26)32-12-10-28-14-24(4-2)17-30-18-24/h5-8H,3-4,9-18H2,1-2H3. The zero-order valence-electron chi connectivity index (χ0n) is 19.1. The minimum Gasteiger partial charge on any atom is -0.460 e. The van der Waals surface area contributed by atoms with Crippen molar-refractivity contribution in [1.29, 1.82) is 0 Å². The van der Waals surface area contributed by atoms with Crippen molar-refractivity contribution in [3.8, 4) is 0 Å². The van der Waals surface area contributed by atoms with E-state index in [4.69, 9.17) is 28.4 Å². The Morgan fingerprint density at radius 3 is 1.47 bits per heavy atom. The van der Waals surface area contributed by atoms with Gasteiger partial charge in [-0.15, -0.1) is 0 Å². The van der Waals surface area contributed by atoms with E-state index in [0.717, 1.165) is 12.8 Å². The maximum absolute atomic E-state index is 12.5. The Kier molecular flexibility index (Phi) is 9.04. The summed E-state index contributed by atoms with van der Waals surface area (Å²) in [5, 5.41) is 0. The van der Waals surface area contributed by atoms with E-state index in [9.17, 15) is 9.59 Å². The van der Waals surface area contributed by atoms with E-state index in [0.29, 0.717) is 52.9 Å². The van der Waals surface area contributed by atoms with Crippen molar-refractivity contribution in [2.45, 2.75) is 26.7 Å². The minimum atomic E-state index is -0.579. The highest BCUT2D eigenvalue weighted by Gasteiger charge is 2.37. The SMILES string of the molecule is CCC1(COCCOC(=O)c2ccccc2C(=O)OCCOCC2(CC)COC2)COC1. The highest BCUT2D eigenvalue weighted by Crippen LogP contribution is 2.32. The third-order valence-electron chi connectivity index (χ3n) is 6.24. The second-order valence-corrected chi connectivity index (χ2v) is 8.62. The molecule has 2 fully saturated rings. The molecule has 0 unspecified atom stereocenters. The molecule has 0 N–H and O–H groups in total. The highest BCUT2D eigenvalue weighted by atomic mass is 16.6. The Morgan fingerprint density at radius 1 is 0.750 bits per heavy atom. The fourth-order valence-corrected chi connectivity index (χ4v) is 3.52. The van der Waals surface area contributed by atoms with Crippen LogP contribution in [-0.2, 0) is 28.4 Å². The molecule has 0 aliphatic carbocycles. The molecule has 0 aromatic heterocycles. The summed E-state index contributed by atoms with van der Waals surface area (Å²) in [7, 11) is 0. The third-order valence-corrected chi connectivity index (χ3v) is 6.24. The molecule has 8 nitrogen and oxygen atoms in total. The van der Waals surface area contributed by atoms with Gasteiger partial charge in [0, 0.05) is 10.8 Å². The van der Waals surface area contributed by atoms with Crippen molar-refractivity contribution in [3.05, 3.63) is 35.4 Å². The Labute approximate surface area is 189 Å². The molecule has 8 heteroatoms. The Hall–Kier alpha value is -2.00. The number of hydrogen-bond donors (Lipinski definition) is 0. The number of rotatable bonds is 14. The van der Waals surface area contributed by atoms with Crippen LogP contribution in [0.25, 0.3) is 0 Å². The molecule has 2 aliphatic heterocycles. The second-order valence-electron chi connectivity index (χ2n) is 8.62. The number of carbonyl (C=O) groups excluding carboxylic acids is 2. The predicted molar refractivity (Wildman–Crippen MR) is 116 cm³/mol. The Bertz CT molecular complexity index is 680. The molecular weight excluding hydrogens is 416 g/mol. The molecule has 3 rings (SSSR count). The van der Waals surface area contributed by atoms with Crippen LogP contribution in [0.5, 0.6) is 0 Å². The van der Waals surface area contributed by atoms with Gasteiger partial charge in [-0.05, 0) is 25.0 Å². The van der Waals surface area contributed by atoms with Crippen LogP contribution in [0.2, 0.25) is 0 Å². The third kappa shape index (κ3) is 6.28. The number of hydrogen-bond acceptors (Lipinski definition) is 8. The van der Waals surface area contributed by atoms with Gasteiger partial charge < -0.3 is 28.4 Å². The summed E-state index contributed by atoms with van der Waals surface area (Å²) in [5.74, 6) is -1.16. The minimum absolute atomic E-state index is 0.0901. The van der Waals surface area contributed by atoms with Gasteiger partial charge in [0.2, 0.25) is 0 Å². The van der Waals surface area contributed by atoms with Gasteiger partial charge in [-0.3, -0.25) is 0 Å². The van der Waals surface area contributed by atoms with Crippen molar-refractivity contribution >= 4 is 11.9 Å². The van der Waals surface area contributed by atoms with Crippen LogP contribution in [-0.4, -0.2) is 78.0 Å². The molecule has 178 valence electrons. The second kappa shape index (κ2) is 11.7. The van der Waals surface area contributed by atoms with Gasteiger partial charge in [0.25, 0.3) is 0 Å². The number of ether oxygens (including phenoxy) is 6. The first kappa shape index (κ1) is 24.6. The lowest BCUT2D eigenvalue weighted by Crippen LogP contribution is -2.45. The van der Waals surface area contributed by atoms with E-state index in [1.54, 1.807) is 24.3 Å². The smallest absolute Gasteiger partial charge is 0.339 e. The first-order chi connectivity index (χ1) is 15.5. The van der Waals surface area contributed by atoms with E-state index >= 15 is 0 Å².